The topological polar surface area (TPSA) is 88.9 Å². The van der Waals surface area contributed by atoms with E-state index in [1.807, 2.05) is 51.1 Å². The molecule has 1 atom stereocenters. The van der Waals surface area contributed by atoms with Crippen molar-refractivity contribution in [2.24, 2.45) is 5.92 Å². The molecular weight excluding hydrogens is 354 g/mol. The number of hydrogen-bond acceptors (Lipinski definition) is 4. The van der Waals surface area contributed by atoms with Gasteiger partial charge in [0.25, 0.3) is 5.91 Å². The number of rotatable bonds is 6. The molecule has 0 aliphatic carbocycles. The molecule has 0 bridgehead atoms. The molecule has 7 heteroatoms. The number of anilines is 1. The van der Waals surface area contributed by atoms with Gasteiger partial charge in [0, 0.05) is 12.1 Å². The average Bonchev–Trinajstić information content (AvgIpc) is 3.19. The molecule has 0 spiro atoms. The van der Waals surface area contributed by atoms with E-state index in [4.69, 9.17) is 0 Å². The van der Waals surface area contributed by atoms with Gasteiger partial charge in [0.05, 0.1) is 17.9 Å². The van der Waals surface area contributed by atoms with Gasteiger partial charge in [-0.15, -0.1) is 0 Å². The second-order valence-electron chi connectivity index (χ2n) is 6.82. The summed E-state index contributed by atoms with van der Waals surface area (Å²) in [6, 6.07) is 13.1. The number of carbonyl (C=O) groups is 2. The molecule has 2 N–H and O–H groups in total. The molecule has 0 aliphatic rings. The quantitative estimate of drug-likeness (QED) is 0.689. The first kappa shape index (κ1) is 19.3. The average molecular weight is 377 g/mol. The summed E-state index contributed by atoms with van der Waals surface area (Å²) in [5.41, 5.74) is 1.95. The molecule has 144 valence electrons. The molecule has 28 heavy (non-hydrogen) atoms. The lowest BCUT2D eigenvalue weighted by atomic mass is 10.1. The summed E-state index contributed by atoms with van der Waals surface area (Å²) in [6.07, 6.45) is 4.74. The van der Waals surface area contributed by atoms with Gasteiger partial charge in [0.2, 0.25) is 5.91 Å². The third-order valence-electron chi connectivity index (χ3n) is 4.27. The number of amides is 2. The molecule has 0 aliphatic heterocycles. The van der Waals surface area contributed by atoms with Crippen LogP contribution in [-0.2, 0) is 4.79 Å². The standard InChI is InChI=1S/C21H23N5O2/c1-14(2)20(27)25-17-9-10-19(22-11-17)26-12-18(23-13-26)21(28)24-15(3)16-7-5-4-6-8-16/h4-15H,1-3H3,(H,24,28)(H,25,27). The van der Waals surface area contributed by atoms with E-state index in [2.05, 4.69) is 20.6 Å². The molecule has 3 aromatic rings. The minimum absolute atomic E-state index is 0.0660. The van der Waals surface area contributed by atoms with Crippen LogP contribution < -0.4 is 10.6 Å². The van der Waals surface area contributed by atoms with Crippen molar-refractivity contribution in [3.63, 3.8) is 0 Å². The first-order chi connectivity index (χ1) is 13.4. The van der Waals surface area contributed by atoms with Crippen LogP contribution in [0, 0.1) is 5.92 Å². The molecule has 2 heterocycles. The van der Waals surface area contributed by atoms with Crippen molar-refractivity contribution in [1.82, 2.24) is 19.9 Å². The highest BCUT2D eigenvalue weighted by Gasteiger charge is 2.14. The molecule has 1 aromatic carbocycles. The van der Waals surface area contributed by atoms with E-state index in [1.165, 1.54) is 6.33 Å². The predicted octanol–water partition coefficient (Wildman–Crippen LogP) is 3.35. The smallest absolute Gasteiger partial charge is 0.271 e. The summed E-state index contributed by atoms with van der Waals surface area (Å²) in [5, 5.41) is 5.73. The maximum absolute atomic E-state index is 12.5. The highest BCUT2D eigenvalue weighted by molar-refractivity contribution is 5.92. The van der Waals surface area contributed by atoms with E-state index in [0.29, 0.717) is 17.2 Å². The Morgan fingerprint density at radius 3 is 2.39 bits per heavy atom. The van der Waals surface area contributed by atoms with Crippen LogP contribution in [0.5, 0.6) is 0 Å². The SMILES string of the molecule is CC(C)C(=O)Nc1ccc(-n2cnc(C(=O)NC(C)c3ccccc3)c2)nc1. The predicted molar refractivity (Wildman–Crippen MR) is 107 cm³/mol. The van der Waals surface area contributed by atoms with Gasteiger partial charge in [-0.1, -0.05) is 44.2 Å². The summed E-state index contributed by atoms with van der Waals surface area (Å²) >= 11 is 0. The largest absolute Gasteiger partial charge is 0.344 e. The van der Waals surface area contributed by atoms with Gasteiger partial charge < -0.3 is 10.6 Å². The lowest BCUT2D eigenvalue weighted by Crippen LogP contribution is -2.26. The Kier molecular flexibility index (Phi) is 5.84. The van der Waals surface area contributed by atoms with Gasteiger partial charge in [0.1, 0.15) is 17.8 Å². The molecule has 2 aromatic heterocycles. The highest BCUT2D eigenvalue weighted by Crippen LogP contribution is 2.14. The van der Waals surface area contributed by atoms with Crippen LogP contribution in [0.15, 0.2) is 61.2 Å². The lowest BCUT2D eigenvalue weighted by Gasteiger charge is -2.13. The molecule has 2 amide bonds. The Bertz CT molecular complexity index is 948. The van der Waals surface area contributed by atoms with Gasteiger partial charge in [-0.25, -0.2) is 9.97 Å². The van der Waals surface area contributed by atoms with Crippen molar-refractivity contribution in [3.8, 4) is 5.82 Å². The fourth-order valence-corrected chi connectivity index (χ4v) is 2.56. The van der Waals surface area contributed by atoms with E-state index in [9.17, 15) is 9.59 Å². The molecule has 0 saturated carbocycles. The second kappa shape index (κ2) is 8.47. The Morgan fingerprint density at radius 1 is 1.00 bits per heavy atom. The Morgan fingerprint density at radius 2 is 1.75 bits per heavy atom. The number of nitrogens with zero attached hydrogens (tertiary/aromatic N) is 3. The van der Waals surface area contributed by atoms with Crippen molar-refractivity contribution < 1.29 is 9.59 Å². The molecular formula is C21H23N5O2. The molecule has 1 unspecified atom stereocenters. The zero-order valence-electron chi connectivity index (χ0n) is 16.1. The maximum Gasteiger partial charge on any atom is 0.271 e. The highest BCUT2D eigenvalue weighted by atomic mass is 16.2. The van der Waals surface area contributed by atoms with Gasteiger partial charge in [-0.2, -0.15) is 0 Å². The van der Waals surface area contributed by atoms with Crippen molar-refractivity contribution in [1.29, 1.82) is 0 Å². The Hall–Kier alpha value is -3.48. The third-order valence-corrected chi connectivity index (χ3v) is 4.27. The summed E-state index contributed by atoms with van der Waals surface area (Å²) in [7, 11) is 0. The van der Waals surface area contributed by atoms with E-state index in [-0.39, 0.29) is 23.8 Å². The monoisotopic (exact) mass is 377 g/mol. The van der Waals surface area contributed by atoms with Crippen molar-refractivity contribution >= 4 is 17.5 Å². The van der Waals surface area contributed by atoms with Crippen molar-refractivity contribution in [2.75, 3.05) is 5.32 Å². The normalized spacial score (nSPS) is 11.9. The van der Waals surface area contributed by atoms with E-state index < -0.39 is 0 Å². The van der Waals surface area contributed by atoms with Crippen LogP contribution in [0.1, 0.15) is 42.9 Å². The summed E-state index contributed by atoms with van der Waals surface area (Å²) in [4.78, 5) is 32.7. The number of nitrogens with one attached hydrogen (secondary N) is 2. The van der Waals surface area contributed by atoms with Crippen LogP contribution in [0.3, 0.4) is 0 Å². The van der Waals surface area contributed by atoms with Gasteiger partial charge in [-0.3, -0.25) is 14.2 Å². The summed E-state index contributed by atoms with van der Waals surface area (Å²) in [5.74, 6) is 0.178. The number of imidazole rings is 1. The number of carbonyl (C=O) groups excluding carboxylic acids is 2. The van der Waals surface area contributed by atoms with Crippen LogP contribution >= 0.6 is 0 Å². The van der Waals surface area contributed by atoms with Crippen molar-refractivity contribution in [2.45, 2.75) is 26.8 Å². The zero-order chi connectivity index (χ0) is 20.1. The fourth-order valence-electron chi connectivity index (χ4n) is 2.56. The first-order valence-electron chi connectivity index (χ1n) is 9.11. The van der Waals surface area contributed by atoms with Gasteiger partial charge in [0.15, 0.2) is 0 Å². The number of pyridine rings is 1. The maximum atomic E-state index is 12.5. The Balaban J connectivity index is 1.66. The first-order valence-corrected chi connectivity index (χ1v) is 9.11. The van der Waals surface area contributed by atoms with Crippen LogP contribution in [0.25, 0.3) is 5.82 Å². The summed E-state index contributed by atoms with van der Waals surface area (Å²) in [6.45, 7) is 5.58. The number of benzene rings is 1. The van der Waals surface area contributed by atoms with Gasteiger partial charge >= 0.3 is 0 Å². The minimum atomic E-state index is -0.254. The fraction of sp³-hybridized carbons (Fsp3) is 0.238. The summed E-state index contributed by atoms with van der Waals surface area (Å²) < 4.78 is 1.66. The molecule has 0 saturated heterocycles. The van der Waals surface area contributed by atoms with Crippen LogP contribution in [0.2, 0.25) is 0 Å². The van der Waals surface area contributed by atoms with E-state index in [1.54, 1.807) is 29.1 Å². The minimum Gasteiger partial charge on any atom is -0.344 e. The second-order valence-corrected chi connectivity index (χ2v) is 6.82. The molecule has 0 fully saturated rings. The third kappa shape index (κ3) is 4.62. The van der Waals surface area contributed by atoms with E-state index in [0.717, 1.165) is 5.56 Å². The van der Waals surface area contributed by atoms with Crippen molar-refractivity contribution in [3.05, 3.63) is 72.4 Å². The Labute approximate surface area is 163 Å². The van der Waals surface area contributed by atoms with Crippen LogP contribution in [0.4, 0.5) is 5.69 Å². The van der Waals surface area contributed by atoms with E-state index >= 15 is 0 Å². The molecule has 7 nitrogen and oxygen atoms in total. The lowest BCUT2D eigenvalue weighted by molar-refractivity contribution is -0.118. The molecule has 0 radical (unpaired) electrons. The number of hydrogen-bond donors (Lipinski definition) is 2. The van der Waals surface area contributed by atoms with Gasteiger partial charge in [-0.05, 0) is 24.6 Å². The number of aromatic nitrogens is 3. The molecule has 3 rings (SSSR count). The zero-order valence-corrected chi connectivity index (χ0v) is 16.1. The van der Waals surface area contributed by atoms with Crippen LogP contribution in [-0.4, -0.2) is 26.3 Å².